The third-order valence-electron chi connectivity index (χ3n) is 6.14. The van der Waals surface area contributed by atoms with Gasteiger partial charge in [0.1, 0.15) is 11.5 Å². The van der Waals surface area contributed by atoms with Crippen molar-refractivity contribution in [2.24, 2.45) is 0 Å². The van der Waals surface area contributed by atoms with Crippen molar-refractivity contribution in [2.45, 2.75) is 83.0 Å². The quantitative estimate of drug-likeness (QED) is 0.366. The summed E-state index contributed by atoms with van der Waals surface area (Å²) in [5.74, 6) is 1.89. The molecule has 1 aliphatic rings. The SMILES string of the molecule is CCCCCCCC1(c2ccccc2Oc2ccc(N)cc2)CCCCC1. The lowest BCUT2D eigenvalue weighted by molar-refractivity contribution is 0.259. The van der Waals surface area contributed by atoms with Crippen LogP contribution in [-0.2, 0) is 5.41 Å². The summed E-state index contributed by atoms with van der Waals surface area (Å²) < 4.78 is 6.33. The summed E-state index contributed by atoms with van der Waals surface area (Å²) in [6, 6.07) is 16.5. The molecule has 146 valence electrons. The van der Waals surface area contributed by atoms with E-state index in [2.05, 4.69) is 31.2 Å². The molecule has 2 aromatic carbocycles. The van der Waals surface area contributed by atoms with Crippen molar-refractivity contribution in [2.75, 3.05) is 5.73 Å². The van der Waals surface area contributed by atoms with Gasteiger partial charge in [0.2, 0.25) is 0 Å². The van der Waals surface area contributed by atoms with Crippen LogP contribution in [0, 0.1) is 0 Å². The van der Waals surface area contributed by atoms with Gasteiger partial charge in [0.15, 0.2) is 0 Å². The standard InChI is InChI=1S/C25H35NO/c1-2-3-4-5-9-18-25(19-10-6-11-20-25)23-12-7-8-13-24(23)27-22-16-14-21(26)15-17-22/h7-8,12-17H,2-6,9-11,18-20,26H2,1H3. The zero-order valence-corrected chi connectivity index (χ0v) is 16.9. The van der Waals surface area contributed by atoms with Crippen LogP contribution >= 0.6 is 0 Å². The summed E-state index contributed by atoms with van der Waals surface area (Å²) in [4.78, 5) is 0. The fourth-order valence-corrected chi connectivity index (χ4v) is 4.61. The average Bonchev–Trinajstić information content (AvgIpc) is 2.71. The van der Waals surface area contributed by atoms with Crippen LogP contribution in [0.25, 0.3) is 0 Å². The number of hydrogen-bond acceptors (Lipinski definition) is 2. The van der Waals surface area contributed by atoms with Crippen LogP contribution in [0.15, 0.2) is 48.5 Å². The average molecular weight is 366 g/mol. The van der Waals surface area contributed by atoms with Gasteiger partial charge in [-0.25, -0.2) is 0 Å². The zero-order valence-electron chi connectivity index (χ0n) is 16.9. The summed E-state index contributed by atoms with van der Waals surface area (Å²) in [7, 11) is 0. The molecule has 2 aromatic rings. The van der Waals surface area contributed by atoms with E-state index in [-0.39, 0.29) is 5.41 Å². The normalized spacial score (nSPS) is 16.2. The van der Waals surface area contributed by atoms with Gasteiger partial charge in [0.05, 0.1) is 0 Å². The first-order valence-corrected chi connectivity index (χ1v) is 10.9. The van der Waals surface area contributed by atoms with E-state index in [9.17, 15) is 0 Å². The van der Waals surface area contributed by atoms with Crippen LogP contribution in [0.2, 0.25) is 0 Å². The van der Waals surface area contributed by atoms with Gasteiger partial charge in [0.25, 0.3) is 0 Å². The number of rotatable bonds is 9. The maximum atomic E-state index is 6.33. The third kappa shape index (κ3) is 5.28. The smallest absolute Gasteiger partial charge is 0.131 e. The van der Waals surface area contributed by atoms with Crippen molar-refractivity contribution in [3.63, 3.8) is 0 Å². The van der Waals surface area contributed by atoms with Crippen LogP contribution in [0.1, 0.15) is 83.1 Å². The molecule has 0 spiro atoms. The zero-order chi connectivity index (χ0) is 19.0. The van der Waals surface area contributed by atoms with Gasteiger partial charge >= 0.3 is 0 Å². The Balaban J connectivity index is 1.80. The Morgan fingerprint density at radius 2 is 1.56 bits per heavy atom. The maximum absolute atomic E-state index is 6.33. The van der Waals surface area contributed by atoms with Crippen molar-refractivity contribution in [3.05, 3.63) is 54.1 Å². The molecule has 27 heavy (non-hydrogen) atoms. The molecule has 1 aliphatic carbocycles. The summed E-state index contributed by atoms with van der Waals surface area (Å²) in [5, 5.41) is 0. The minimum atomic E-state index is 0.287. The molecule has 0 bridgehead atoms. The highest BCUT2D eigenvalue weighted by atomic mass is 16.5. The molecule has 0 amide bonds. The molecule has 0 radical (unpaired) electrons. The highest BCUT2D eigenvalue weighted by molar-refractivity contribution is 5.46. The fraction of sp³-hybridized carbons (Fsp3) is 0.520. The van der Waals surface area contributed by atoms with Crippen LogP contribution in [0.5, 0.6) is 11.5 Å². The van der Waals surface area contributed by atoms with Crippen molar-refractivity contribution in [1.82, 2.24) is 0 Å². The van der Waals surface area contributed by atoms with Gasteiger partial charge in [-0.05, 0) is 55.0 Å². The molecule has 0 aromatic heterocycles. The molecule has 2 nitrogen and oxygen atoms in total. The summed E-state index contributed by atoms with van der Waals surface area (Å²) in [5.41, 5.74) is 8.29. The first-order chi connectivity index (χ1) is 13.2. The van der Waals surface area contributed by atoms with Crippen LogP contribution in [0.3, 0.4) is 0 Å². The van der Waals surface area contributed by atoms with E-state index in [1.807, 2.05) is 24.3 Å². The van der Waals surface area contributed by atoms with Gasteiger partial charge in [0, 0.05) is 11.3 Å². The highest BCUT2D eigenvalue weighted by Gasteiger charge is 2.35. The topological polar surface area (TPSA) is 35.2 Å². The Morgan fingerprint density at radius 3 is 2.30 bits per heavy atom. The number of nitrogens with two attached hydrogens (primary N) is 1. The lowest BCUT2D eigenvalue weighted by atomic mass is 9.66. The van der Waals surface area contributed by atoms with E-state index >= 15 is 0 Å². The Bertz CT molecular complexity index is 686. The maximum Gasteiger partial charge on any atom is 0.131 e. The van der Waals surface area contributed by atoms with E-state index in [1.165, 1.54) is 76.2 Å². The Morgan fingerprint density at radius 1 is 0.852 bits per heavy atom. The second kappa shape index (κ2) is 9.82. The van der Waals surface area contributed by atoms with Crippen molar-refractivity contribution >= 4 is 5.69 Å². The van der Waals surface area contributed by atoms with Gasteiger partial charge < -0.3 is 10.5 Å². The first kappa shape index (κ1) is 19.8. The second-order valence-electron chi connectivity index (χ2n) is 8.17. The van der Waals surface area contributed by atoms with Crippen LogP contribution in [-0.4, -0.2) is 0 Å². The van der Waals surface area contributed by atoms with Gasteiger partial charge in [-0.15, -0.1) is 0 Å². The van der Waals surface area contributed by atoms with Crippen LogP contribution < -0.4 is 10.5 Å². The number of para-hydroxylation sites is 1. The fourth-order valence-electron chi connectivity index (χ4n) is 4.61. The molecular formula is C25H35NO. The molecule has 3 rings (SSSR count). The molecule has 1 fully saturated rings. The van der Waals surface area contributed by atoms with E-state index in [0.29, 0.717) is 0 Å². The molecular weight excluding hydrogens is 330 g/mol. The number of benzene rings is 2. The van der Waals surface area contributed by atoms with E-state index in [0.717, 1.165) is 17.2 Å². The minimum absolute atomic E-state index is 0.287. The van der Waals surface area contributed by atoms with Crippen molar-refractivity contribution in [3.8, 4) is 11.5 Å². The molecule has 2 heteroatoms. The molecule has 0 unspecified atom stereocenters. The predicted molar refractivity (Wildman–Crippen MR) is 116 cm³/mol. The number of nitrogen functional groups attached to an aromatic ring is 1. The third-order valence-corrected chi connectivity index (χ3v) is 6.14. The predicted octanol–water partition coefficient (Wildman–Crippen LogP) is 7.62. The monoisotopic (exact) mass is 365 g/mol. The molecule has 0 heterocycles. The molecule has 0 atom stereocenters. The van der Waals surface area contributed by atoms with E-state index < -0.39 is 0 Å². The van der Waals surface area contributed by atoms with Crippen LogP contribution in [0.4, 0.5) is 5.69 Å². The summed E-state index contributed by atoms with van der Waals surface area (Å²) in [6.07, 6.45) is 14.7. The number of ether oxygens (including phenoxy) is 1. The number of unbranched alkanes of at least 4 members (excludes halogenated alkanes) is 4. The molecule has 0 saturated heterocycles. The summed E-state index contributed by atoms with van der Waals surface area (Å²) in [6.45, 7) is 2.29. The van der Waals surface area contributed by atoms with Crippen molar-refractivity contribution < 1.29 is 4.74 Å². The Hall–Kier alpha value is -1.96. The molecule has 0 aliphatic heterocycles. The van der Waals surface area contributed by atoms with Gasteiger partial charge in [-0.1, -0.05) is 76.5 Å². The molecule has 1 saturated carbocycles. The number of hydrogen-bond donors (Lipinski definition) is 1. The minimum Gasteiger partial charge on any atom is -0.457 e. The number of anilines is 1. The highest BCUT2D eigenvalue weighted by Crippen LogP contribution is 2.47. The summed E-state index contributed by atoms with van der Waals surface area (Å²) >= 11 is 0. The Kier molecular flexibility index (Phi) is 7.20. The van der Waals surface area contributed by atoms with E-state index in [4.69, 9.17) is 10.5 Å². The van der Waals surface area contributed by atoms with Gasteiger partial charge in [-0.2, -0.15) is 0 Å². The largest absolute Gasteiger partial charge is 0.457 e. The van der Waals surface area contributed by atoms with E-state index in [1.54, 1.807) is 0 Å². The van der Waals surface area contributed by atoms with Gasteiger partial charge in [-0.3, -0.25) is 0 Å². The first-order valence-electron chi connectivity index (χ1n) is 10.9. The molecule has 2 N–H and O–H groups in total. The second-order valence-corrected chi connectivity index (χ2v) is 8.17. The van der Waals surface area contributed by atoms with Crippen molar-refractivity contribution in [1.29, 1.82) is 0 Å². The lowest BCUT2D eigenvalue weighted by Crippen LogP contribution is -2.29. The Labute approximate surface area is 165 Å². The lowest BCUT2D eigenvalue weighted by Gasteiger charge is -2.39.